The summed E-state index contributed by atoms with van der Waals surface area (Å²) in [6, 6.07) is 26.8. The monoisotopic (exact) mass is 1570 g/mol. The fraction of sp³-hybridized carbons (Fsp3) is 0.455. The fourth-order valence-corrected chi connectivity index (χ4v) is 13.7. The molecule has 0 unspecified atom stereocenters. The molecule has 8 aromatic heterocycles. The summed E-state index contributed by atoms with van der Waals surface area (Å²) in [6.07, 6.45) is 0. The summed E-state index contributed by atoms with van der Waals surface area (Å²) in [6.45, 7) is 40.5. The van der Waals surface area contributed by atoms with E-state index in [1.54, 1.807) is 136 Å². The molecule has 0 aliphatic heterocycles. The van der Waals surface area contributed by atoms with Crippen LogP contribution in [0.15, 0.2) is 97.1 Å². The number of aryl methyl sites for hydroxylation is 2. The molecular weight excluding hydrogens is 1460 g/mol. The molecule has 0 saturated heterocycles. The maximum atomic E-state index is 14.6. The van der Waals surface area contributed by atoms with Gasteiger partial charge in [-0.1, -0.05) is 0 Å². The van der Waals surface area contributed by atoms with Crippen LogP contribution < -0.4 is 0 Å². The van der Waals surface area contributed by atoms with Gasteiger partial charge in [0.1, 0.15) is 0 Å². The van der Waals surface area contributed by atoms with Crippen molar-refractivity contribution in [3.05, 3.63) is 187 Å². The van der Waals surface area contributed by atoms with Crippen molar-refractivity contribution < 1.29 is 52.6 Å². The Morgan fingerprint density at radius 2 is 0.322 bits per heavy atom. The van der Waals surface area contributed by atoms with Crippen molar-refractivity contribution in [1.29, 1.82) is 0 Å². The lowest BCUT2D eigenvalue weighted by Crippen LogP contribution is -2.31. The normalized spacial score (nSPS) is 11.1. The molecule has 0 fully saturated rings. The zero-order valence-corrected chi connectivity index (χ0v) is 70.4. The van der Waals surface area contributed by atoms with Gasteiger partial charge >= 0.3 is 0 Å². The largest absolute Gasteiger partial charge is 0.369 e. The third-order valence-electron chi connectivity index (χ3n) is 20.1. The molecule has 8 rings (SSSR count). The van der Waals surface area contributed by atoms with Crippen LogP contribution in [0.2, 0.25) is 0 Å². The summed E-state index contributed by atoms with van der Waals surface area (Å²) in [5.41, 5.74) is 8.84. The molecule has 0 bridgehead atoms. The Balaban J connectivity index is 1.15. The zero-order valence-electron chi connectivity index (χ0n) is 70.4. The van der Waals surface area contributed by atoms with E-state index in [4.69, 9.17) is 54.1 Å². The minimum absolute atomic E-state index is 0.0984. The van der Waals surface area contributed by atoms with E-state index in [1.165, 1.54) is 0 Å². The van der Waals surface area contributed by atoms with Crippen LogP contribution in [0.4, 0.5) is 0 Å². The molecule has 0 atom stereocenters. The van der Waals surface area contributed by atoms with Gasteiger partial charge < -0.3 is 53.4 Å². The Kier molecular flexibility index (Phi) is 33.3. The molecule has 8 heterocycles. The smallest absolute Gasteiger partial charge is 0.253 e. The van der Waals surface area contributed by atoms with Crippen molar-refractivity contribution in [1.82, 2.24) is 79.1 Å². The van der Waals surface area contributed by atoms with Crippen molar-refractivity contribution in [2.75, 3.05) is 105 Å². The number of aromatic nitrogens is 8. The lowest BCUT2D eigenvalue weighted by atomic mass is 10.1. The summed E-state index contributed by atoms with van der Waals surface area (Å²) in [5, 5.41) is 0. The zero-order chi connectivity index (χ0) is 83.7. The number of carbonyl (C=O) groups excluding carboxylic acids is 8. The quantitative estimate of drug-likeness (QED) is 0.0345. The van der Waals surface area contributed by atoms with Gasteiger partial charge in [-0.05, 0) is 222 Å². The first kappa shape index (κ1) is 89.4. The molecule has 0 radical (unpaired) electrons. The Labute approximate surface area is 677 Å². The number of pyridine rings is 8. The van der Waals surface area contributed by atoms with Gasteiger partial charge in [0.05, 0.1) is 119 Å². The highest BCUT2D eigenvalue weighted by Gasteiger charge is 2.27. The number of rotatable bonds is 40. The summed E-state index contributed by atoms with van der Waals surface area (Å²) >= 11 is 0. The van der Waals surface area contributed by atoms with Crippen LogP contribution in [0.3, 0.4) is 0 Å². The topological polar surface area (TPSA) is 293 Å². The van der Waals surface area contributed by atoms with Crippen LogP contribution in [-0.4, -0.2) is 231 Å². The van der Waals surface area contributed by atoms with E-state index in [9.17, 15) is 38.4 Å². The van der Waals surface area contributed by atoms with E-state index < -0.39 is 0 Å². The van der Waals surface area contributed by atoms with Crippen molar-refractivity contribution in [3.63, 3.8) is 0 Å². The molecule has 8 aromatic rings. The Morgan fingerprint density at radius 3 is 0.452 bits per heavy atom. The van der Waals surface area contributed by atoms with Crippen LogP contribution in [0, 0.1) is 13.8 Å². The summed E-state index contributed by atoms with van der Waals surface area (Å²) in [4.78, 5) is 167. The molecule has 27 nitrogen and oxygen atoms in total. The number of amides is 8. The van der Waals surface area contributed by atoms with E-state index in [0.717, 1.165) is 0 Å². The predicted molar refractivity (Wildman–Crippen MR) is 443 cm³/mol. The second kappa shape index (κ2) is 42.8. The van der Waals surface area contributed by atoms with Crippen LogP contribution in [0.25, 0.3) is 45.6 Å². The van der Waals surface area contributed by atoms with Gasteiger partial charge in [0.2, 0.25) is 0 Å². The second-order valence-corrected chi connectivity index (χ2v) is 27.5. The second-order valence-electron chi connectivity index (χ2n) is 27.5. The standard InChI is InChI=1S/C88H114N16O11/c1-19-97(20-2)81(105)59-35-57(17)89-73(43-59)75-45-61(83(107)99(23-5)24-6)37-67(91-75)51-113-53-69-39-63(85(109)101(27-9)28-10)47-77(93-69)79-49-65(87(111)103(31-13)32-14)41-71(95-79)55-115-56-72-42-66(88(112)104(33-15)34-16)50-80(96-72)78-48-64(86(110)102(29-11)30-12)40-70(94-78)54-114-52-68-38-62(84(108)100(25-7)26-8)46-76(92-68)74-44-60(36-58(18)90-74)82(106)98(21-3)22-4/h35-50H,19-34,51-56H2,1-18H3. The maximum absolute atomic E-state index is 14.6. The average molecular weight is 1570 g/mol. The van der Waals surface area contributed by atoms with Gasteiger partial charge in [-0.25, -0.2) is 29.9 Å². The summed E-state index contributed by atoms with van der Waals surface area (Å²) < 4.78 is 19.4. The van der Waals surface area contributed by atoms with Gasteiger partial charge in [0, 0.05) is 161 Å². The van der Waals surface area contributed by atoms with Gasteiger partial charge in [-0.2, -0.15) is 0 Å². The van der Waals surface area contributed by atoms with E-state index in [0.29, 0.717) is 206 Å². The highest BCUT2D eigenvalue weighted by molar-refractivity contribution is 6.00. The third-order valence-corrected chi connectivity index (χ3v) is 20.1. The number of nitrogens with zero attached hydrogens (tertiary/aromatic N) is 16. The van der Waals surface area contributed by atoms with Crippen LogP contribution in [0.1, 0.15) is 239 Å². The lowest BCUT2D eigenvalue weighted by molar-refractivity contribution is 0.0761. The Hall–Kier alpha value is -11.2. The van der Waals surface area contributed by atoms with E-state index in [1.807, 2.05) is 125 Å². The maximum Gasteiger partial charge on any atom is 0.253 e. The lowest BCUT2D eigenvalue weighted by Gasteiger charge is -2.21. The first-order valence-corrected chi connectivity index (χ1v) is 40.5. The Morgan fingerprint density at radius 1 is 0.200 bits per heavy atom. The average Bonchev–Trinajstić information content (AvgIpc) is 0.803. The van der Waals surface area contributed by atoms with Crippen molar-refractivity contribution in [2.24, 2.45) is 0 Å². The molecule has 0 aliphatic rings. The molecule has 612 valence electrons. The van der Waals surface area contributed by atoms with Gasteiger partial charge in [0.15, 0.2) is 0 Å². The summed E-state index contributed by atoms with van der Waals surface area (Å²) in [5.74, 6) is -1.82. The number of carbonyl (C=O) groups is 8. The minimum Gasteiger partial charge on any atom is -0.369 e. The first-order chi connectivity index (χ1) is 55.3. The van der Waals surface area contributed by atoms with Crippen molar-refractivity contribution in [3.8, 4) is 45.6 Å². The number of hydrogen-bond acceptors (Lipinski definition) is 19. The van der Waals surface area contributed by atoms with Crippen LogP contribution >= 0.6 is 0 Å². The molecule has 8 amide bonds. The van der Waals surface area contributed by atoms with Crippen LogP contribution in [-0.2, 0) is 53.9 Å². The fourth-order valence-electron chi connectivity index (χ4n) is 13.7. The molecule has 0 N–H and O–H groups in total. The first-order valence-electron chi connectivity index (χ1n) is 40.5. The molecular formula is C88H114N16O11. The van der Waals surface area contributed by atoms with E-state index in [-0.39, 0.29) is 121 Å². The minimum atomic E-state index is -0.277. The Bertz CT molecular complexity index is 4460. The van der Waals surface area contributed by atoms with Gasteiger partial charge in [-0.15, -0.1) is 0 Å². The number of hydrogen-bond donors (Lipinski definition) is 0. The predicted octanol–water partition coefficient (Wildman–Crippen LogP) is 13.1. The molecule has 115 heavy (non-hydrogen) atoms. The summed E-state index contributed by atoms with van der Waals surface area (Å²) in [7, 11) is 0. The highest BCUT2D eigenvalue weighted by Crippen LogP contribution is 2.30. The molecule has 0 aliphatic carbocycles. The van der Waals surface area contributed by atoms with Gasteiger partial charge in [-0.3, -0.25) is 48.3 Å². The van der Waals surface area contributed by atoms with Crippen molar-refractivity contribution >= 4 is 47.3 Å². The van der Waals surface area contributed by atoms with Crippen molar-refractivity contribution in [2.45, 2.75) is 164 Å². The van der Waals surface area contributed by atoms with E-state index in [2.05, 4.69) is 0 Å². The molecule has 0 saturated carbocycles. The van der Waals surface area contributed by atoms with E-state index >= 15 is 0 Å². The molecule has 0 spiro atoms. The molecule has 0 aromatic carbocycles. The van der Waals surface area contributed by atoms with Gasteiger partial charge in [0.25, 0.3) is 47.3 Å². The molecule has 27 heteroatoms. The highest BCUT2D eigenvalue weighted by atomic mass is 16.5. The SMILES string of the molecule is CCN(CC)C(=O)c1cc(C)nc(-c2cc(C(=O)N(CC)CC)cc(COCc3cc(C(=O)N(CC)CC)cc(-c4cc(C(=O)N(CC)CC)cc(COCc5cc(C(=O)N(CC)CC)cc(-c6cc(C(=O)N(CC)CC)cc(COCc7cc(C(=O)N(CC)CC)cc(-c8cc(C(=O)N(CC)CC)cc(C)n8)n7)n6)n5)n4)n3)n2)c1. The van der Waals surface area contributed by atoms with Crippen LogP contribution in [0.5, 0.6) is 0 Å². The third kappa shape index (κ3) is 22.7. The number of ether oxygens (including phenoxy) is 3.